The Morgan fingerprint density at radius 1 is 0.739 bits per heavy atom. The molecular formula is C19H34N2O2. The van der Waals surface area contributed by atoms with Gasteiger partial charge >= 0.3 is 0 Å². The van der Waals surface area contributed by atoms with Gasteiger partial charge in [-0.2, -0.15) is 0 Å². The normalized spacial score (nSPS) is 27.1. The van der Waals surface area contributed by atoms with E-state index in [0.717, 1.165) is 38.5 Å². The molecule has 2 aliphatic carbocycles. The second-order valence-electron chi connectivity index (χ2n) is 8.48. The van der Waals surface area contributed by atoms with E-state index in [0.29, 0.717) is 6.04 Å². The van der Waals surface area contributed by atoms with Crippen molar-refractivity contribution in [2.24, 2.45) is 11.8 Å². The Morgan fingerprint density at radius 3 is 1.70 bits per heavy atom. The van der Waals surface area contributed by atoms with E-state index in [-0.39, 0.29) is 29.2 Å². The molecule has 4 nitrogen and oxygen atoms in total. The topological polar surface area (TPSA) is 58.2 Å². The minimum Gasteiger partial charge on any atom is -0.353 e. The monoisotopic (exact) mass is 322 g/mol. The predicted molar refractivity (Wildman–Crippen MR) is 93.0 cm³/mol. The molecule has 0 aromatic rings. The summed E-state index contributed by atoms with van der Waals surface area (Å²) in [5.41, 5.74) is -0.176. The Morgan fingerprint density at radius 2 is 1.22 bits per heavy atom. The fourth-order valence-corrected chi connectivity index (χ4v) is 3.83. The fourth-order valence-electron chi connectivity index (χ4n) is 3.83. The molecule has 132 valence electrons. The molecule has 2 N–H and O–H groups in total. The highest BCUT2D eigenvalue weighted by molar-refractivity contribution is 5.81. The molecule has 2 amide bonds. The van der Waals surface area contributed by atoms with Crippen LogP contribution < -0.4 is 10.6 Å². The van der Waals surface area contributed by atoms with Crippen LogP contribution in [0.1, 0.15) is 85.0 Å². The number of nitrogens with one attached hydrogen (secondary N) is 2. The lowest BCUT2D eigenvalue weighted by Crippen LogP contribution is -2.45. The third-order valence-corrected chi connectivity index (χ3v) is 5.17. The summed E-state index contributed by atoms with van der Waals surface area (Å²) < 4.78 is 0. The van der Waals surface area contributed by atoms with Crippen LogP contribution in [0.3, 0.4) is 0 Å². The zero-order valence-electron chi connectivity index (χ0n) is 15.1. The highest BCUT2D eigenvalue weighted by Crippen LogP contribution is 2.30. The maximum absolute atomic E-state index is 12.5. The van der Waals surface area contributed by atoms with Gasteiger partial charge in [0.25, 0.3) is 0 Å². The molecule has 0 unspecified atom stereocenters. The molecule has 4 heteroatoms. The van der Waals surface area contributed by atoms with Crippen LogP contribution in [-0.4, -0.2) is 23.4 Å². The average molecular weight is 322 g/mol. The first-order valence-corrected chi connectivity index (χ1v) is 9.47. The quantitative estimate of drug-likeness (QED) is 0.781. The van der Waals surface area contributed by atoms with Crippen LogP contribution in [0.25, 0.3) is 0 Å². The Balaban J connectivity index is 1.75. The van der Waals surface area contributed by atoms with Crippen molar-refractivity contribution in [3.8, 4) is 0 Å². The van der Waals surface area contributed by atoms with Crippen LogP contribution in [0.5, 0.6) is 0 Å². The summed E-state index contributed by atoms with van der Waals surface area (Å²) in [5, 5.41) is 6.34. The first kappa shape index (κ1) is 18.3. The standard InChI is InChI=1S/C19H34N2O2/c1-19(2,3)21-18(23)15-12-10-14(11-13-15)17(22)20-16-8-6-4-5-7-9-16/h14-16H,4-13H2,1-3H3,(H,20,22)(H,21,23). The van der Waals surface area contributed by atoms with Gasteiger partial charge in [-0.25, -0.2) is 0 Å². The van der Waals surface area contributed by atoms with Crippen LogP contribution in [0.15, 0.2) is 0 Å². The smallest absolute Gasteiger partial charge is 0.223 e. The van der Waals surface area contributed by atoms with Crippen LogP contribution >= 0.6 is 0 Å². The van der Waals surface area contributed by atoms with Crippen molar-refractivity contribution in [3.63, 3.8) is 0 Å². The summed E-state index contributed by atoms with van der Waals surface area (Å²) in [6.07, 6.45) is 10.7. The van der Waals surface area contributed by atoms with E-state index < -0.39 is 0 Å². The van der Waals surface area contributed by atoms with Crippen LogP contribution in [0.2, 0.25) is 0 Å². The molecule has 0 spiro atoms. The van der Waals surface area contributed by atoms with E-state index in [4.69, 9.17) is 0 Å². The number of hydrogen-bond acceptors (Lipinski definition) is 2. The molecule has 0 aliphatic heterocycles. The van der Waals surface area contributed by atoms with E-state index in [2.05, 4.69) is 10.6 Å². The Kier molecular flexibility index (Phi) is 6.49. The van der Waals surface area contributed by atoms with E-state index >= 15 is 0 Å². The predicted octanol–water partition coefficient (Wildman–Crippen LogP) is 3.55. The van der Waals surface area contributed by atoms with E-state index in [9.17, 15) is 9.59 Å². The van der Waals surface area contributed by atoms with Crippen LogP contribution in [-0.2, 0) is 9.59 Å². The zero-order valence-corrected chi connectivity index (χ0v) is 15.1. The number of hydrogen-bond donors (Lipinski definition) is 2. The number of carbonyl (C=O) groups is 2. The van der Waals surface area contributed by atoms with Crippen molar-refractivity contribution in [1.29, 1.82) is 0 Å². The molecular weight excluding hydrogens is 288 g/mol. The lowest BCUT2D eigenvalue weighted by molar-refractivity contribution is -0.131. The first-order chi connectivity index (χ1) is 10.8. The van der Waals surface area contributed by atoms with Gasteiger partial charge in [-0.05, 0) is 59.3 Å². The zero-order chi connectivity index (χ0) is 16.9. The molecule has 2 rings (SSSR count). The maximum Gasteiger partial charge on any atom is 0.223 e. The second-order valence-corrected chi connectivity index (χ2v) is 8.48. The lowest BCUT2D eigenvalue weighted by Gasteiger charge is -2.30. The molecule has 2 fully saturated rings. The van der Waals surface area contributed by atoms with E-state index in [1.165, 1.54) is 25.7 Å². The lowest BCUT2D eigenvalue weighted by atomic mass is 9.80. The van der Waals surface area contributed by atoms with Gasteiger partial charge in [0.1, 0.15) is 0 Å². The average Bonchev–Trinajstić information content (AvgIpc) is 2.74. The first-order valence-electron chi connectivity index (χ1n) is 9.47. The summed E-state index contributed by atoms with van der Waals surface area (Å²) in [5.74, 6) is 0.569. The van der Waals surface area contributed by atoms with Crippen LogP contribution in [0.4, 0.5) is 0 Å². The van der Waals surface area contributed by atoms with Crippen molar-refractivity contribution in [2.75, 3.05) is 0 Å². The molecule has 0 atom stereocenters. The number of amides is 2. The number of rotatable bonds is 3. The minimum atomic E-state index is -0.176. The molecule has 0 bridgehead atoms. The van der Waals surface area contributed by atoms with Crippen molar-refractivity contribution in [1.82, 2.24) is 10.6 Å². The van der Waals surface area contributed by atoms with Gasteiger partial charge in [0, 0.05) is 23.4 Å². The van der Waals surface area contributed by atoms with Gasteiger partial charge in [0.05, 0.1) is 0 Å². The molecule has 2 aliphatic rings. The van der Waals surface area contributed by atoms with Gasteiger partial charge in [-0.15, -0.1) is 0 Å². The summed E-state index contributed by atoms with van der Waals surface area (Å²) in [7, 11) is 0. The molecule has 0 saturated heterocycles. The third-order valence-electron chi connectivity index (χ3n) is 5.17. The summed E-state index contributed by atoms with van der Waals surface area (Å²) in [4.78, 5) is 24.7. The Hall–Kier alpha value is -1.06. The Bertz CT molecular complexity index is 398. The SMILES string of the molecule is CC(C)(C)NC(=O)C1CCC(C(=O)NC2CCCCCC2)CC1. The van der Waals surface area contributed by atoms with Crippen molar-refractivity contribution in [2.45, 2.75) is 96.6 Å². The Labute approximate surface area is 141 Å². The fraction of sp³-hybridized carbons (Fsp3) is 0.895. The molecule has 23 heavy (non-hydrogen) atoms. The molecule has 0 aromatic heterocycles. The van der Waals surface area contributed by atoms with Crippen molar-refractivity contribution >= 4 is 11.8 Å². The molecule has 2 saturated carbocycles. The van der Waals surface area contributed by atoms with Gasteiger partial charge in [-0.1, -0.05) is 25.7 Å². The van der Waals surface area contributed by atoms with Gasteiger partial charge in [0.2, 0.25) is 11.8 Å². The summed E-state index contributed by atoms with van der Waals surface area (Å²) >= 11 is 0. The largest absolute Gasteiger partial charge is 0.353 e. The minimum absolute atomic E-state index is 0.0798. The highest BCUT2D eigenvalue weighted by atomic mass is 16.2. The second kappa shape index (κ2) is 8.16. The number of carbonyl (C=O) groups excluding carboxylic acids is 2. The van der Waals surface area contributed by atoms with Gasteiger partial charge in [-0.3, -0.25) is 9.59 Å². The van der Waals surface area contributed by atoms with Gasteiger partial charge in [0.15, 0.2) is 0 Å². The maximum atomic E-state index is 12.5. The third kappa shape index (κ3) is 6.15. The molecule has 0 aromatic carbocycles. The van der Waals surface area contributed by atoms with Crippen LogP contribution in [0, 0.1) is 11.8 Å². The molecule has 0 radical (unpaired) electrons. The summed E-state index contributed by atoms with van der Waals surface area (Å²) in [6.45, 7) is 6.03. The van der Waals surface area contributed by atoms with E-state index in [1.807, 2.05) is 20.8 Å². The molecule has 0 heterocycles. The van der Waals surface area contributed by atoms with E-state index in [1.54, 1.807) is 0 Å². The van der Waals surface area contributed by atoms with Crippen molar-refractivity contribution in [3.05, 3.63) is 0 Å². The van der Waals surface area contributed by atoms with Gasteiger partial charge < -0.3 is 10.6 Å². The van der Waals surface area contributed by atoms with Crippen molar-refractivity contribution < 1.29 is 9.59 Å². The summed E-state index contributed by atoms with van der Waals surface area (Å²) in [6, 6.07) is 0.381. The highest BCUT2D eigenvalue weighted by Gasteiger charge is 2.31.